The number of benzene rings is 1. The van der Waals surface area contributed by atoms with Crippen molar-refractivity contribution in [3.8, 4) is 0 Å². The van der Waals surface area contributed by atoms with Crippen molar-refractivity contribution in [3.63, 3.8) is 0 Å². The molecule has 2 nitrogen and oxygen atoms in total. The number of halogens is 1. The fourth-order valence-electron chi connectivity index (χ4n) is 2.65. The Hall–Kier alpha value is -0.380. The van der Waals surface area contributed by atoms with Gasteiger partial charge in [-0.15, -0.1) is 0 Å². The summed E-state index contributed by atoms with van der Waals surface area (Å²) in [6.45, 7) is 6.72. The summed E-state index contributed by atoms with van der Waals surface area (Å²) in [5, 5.41) is 3.60. The Balaban J connectivity index is 1.77. The summed E-state index contributed by atoms with van der Waals surface area (Å²) in [6, 6.07) is 6.57. The molecule has 1 saturated heterocycles. The van der Waals surface area contributed by atoms with Crippen LogP contribution in [0.15, 0.2) is 22.7 Å². The van der Waals surface area contributed by atoms with E-state index in [4.69, 9.17) is 0 Å². The van der Waals surface area contributed by atoms with Crippen molar-refractivity contribution in [1.29, 1.82) is 0 Å². The van der Waals surface area contributed by atoms with Gasteiger partial charge in [-0.3, -0.25) is 0 Å². The van der Waals surface area contributed by atoms with Gasteiger partial charge in [0.05, 0.1) is 0 Å². The number of rotatable bonds is 4. The molecule has 0 amide bonds. The standard InChI is InChI=1S/C15H23BrN2/c1-12-5-6-14(15(16)8-12)10-17-9-13-4-3-7-18(2)11-13/h5-6,8,13,17H,3-4,7,9-11H2,1-2H3. The highest BCUT2D eigenvalue weighted by Gasteiger charge is 2.16. The Labute approximate surface area is 119 Å². The molecule has 1 atom stereocenters. The molecule has 0 aliphatic carbocycles. The molecule has 1 heterocycles. The number of likely N-dealkylation sites (tertiary alicyclic amines) is 1. The lowest BCUT2D eigenvalue weighted by atomic mass is 9.98. The second-order valence-electron chi connectivity index (χ2n) is 5.50. The highest BCUT2D eigenvalue weighted by Crippen LogP contribution is 2.19. The maximum Gasteiger partial charge on any atom is 0.0222 e. The summed E-state index contributed by atoms with van der Waals surface area (Å²) in [6.07, 6.45) is 2.71. The molecule has 0 saturated carbocycles. The molecule has 0 bridgehead atoms. The van der Waals surface area contributed by atoms with Gasteiger partial charge in [0.2, 0.25) is 0 Å². The van der Waals surface area contributed by atoms with E-state index in [0.717, 1.165) is 19.0 Å². The Kier molecular flexibility index (Phi) is 5.22. The largest absolute Gasteiger partial charge is 0.312 e. The van der Waals surface area contributed by atoms with E-state index in [9.17, 15) is 0 Å². The van der Waals surface area contributed by atoms with Crippen LogP contribution < -0.4 is 5.32 Å². The van der Waals surface area contributed by atoms with Crippen LogP contribution in [0.5, 0.6) is 0 Å². The highest BCUT2D eigenvalue weighted by atomic mass is 79.9. The van der Waals surface area contributed by atoms with Gasteiger partial charge < -0.3 is 10.2 Å². The van der Waals surface area contributed by atoms with Crippen LogP contribution in [0.4, 0.5) is 0 Å². The summed E-state index contributed by atoms with van der Waals surface area (Å²) in [4.78, 5) is 2.44. The lowest BCUT2D eigenvalue weighted by Gasteiger charge is -2.29. The third-order valence-electron chi connectivity index (χ3n) is 3.68. The zero-order valence-electron chi connectivity index (χ0n) is 11.4. The molecule has 0 aromatic heterocycles. The molecule has 0 radical (unpaired) electrons. The summed E-state index contributed by atoms with van der Waals surface area (Å²) in [7, 11) is 2.22. The Morgan fingerprint density at radius 1 is 1.44 bits per heavy atom. The maximum absolute atomic E-state index is 3.63. The first-order chi connectivity index (χ1) is 8.65. The molecule has 0 spiro atoms. The maximum atomic E-state index is 3.63. The molecule has 3 heteroatoms. The minimum atomic E-state index is 0.813. The normalized spacial score (nSPS) is 21.2. The van der Waals surface area contributed by atoms with Gasteiger partial charge >= 0.3 is 0 Å². The van der Waals surface area contributed by atoms with Crippen molar-refractivity contribution in [2.45, 2.75) is 26.3 Å². The molecule has 1 aromatic rings. The van der Waals surface area contributed by atoms with Crippen LogP contribution in [-0.2, 0) is 6.54 Å². The first-order valence-electron chi connectivity index (χ1n) is 6.79. The van der Waals surface area contributed by atoms with Crippen LogP contribution >= 0.6 is 15.9 Å². The number of hydrogen-bond acceptors (Lipinski definition) is 2. The quantitative estimate of drug-likeness (QED) is 0.919. The van der Waals surface area contributed by atoms with Crippen molar-refractivity contribution in [1.82, 2.24) is 10.2 Å². The predicted octanol–water partition coefficient (Wildman–Crippen LogP) is 3.19. The molecule has 1 fully saturated rings. The van der Waals surface area contributed by atoms with Gasteiger partial charge in [0.1, 0.15) is 0 Å². The van der Waals surface area contributed by atoms with Crippen LogP contribution in [0.3, 0.4) is 0 Å². The average Bonchev–Trinajstić information content (AvgIpc) is 2.32. The molecular formula is C15H23BrN2. The van der Waals surface area contributed by atoms with E-state index in [0.29, 0.717) is 0 Å². The van der Waals surface area contributed by atoms with Crippen molar-refractivity contribution < 1.29 is 0 Å². The number of aryl methyl sites for hydroxylation is 1. The van der Waals surface area contributed by atoms with E-state index in [-0.39, 0.29) is 0 Å². The van der Waals surface area contributed by atoms with E-state index in [1.807, 2.05) is 0 Å². The lowest BCUT2D eigenvalue weighted by molar-refractivity contribution is 0.206. The predicted molar refractivity (Wildman–Crippen MR) is 80.8 cm³/mol. The molecule has 1 aliphatic heterocycles. The SMILES string of the molecule is Cc1ccc(CNCC2CCCN(C)C2)c(Br)c1. The van der Waals surface area contributed by atoms with Gasteiger partial charge in [0, 0.05) is 17.6 Å². The van der Waals surface area contributed by atoms with Crippen LogP contribution in [0, 0.1) is 12.8 Å². The Bertz CT molecular complexity index is 392. The monoisotopic (exact) mass is 310 g/mol. The van der Waals surface area contributed by atoms with Gasteiger partial charge in [-0.25, -0.2) is 0 Å². The van der Waals surface area contributed by atoms with Crippen LogP contribution in [0.25, 0.3) is 0 Å². The molecular weight excluding hydrogens is 288 g/mol. The van der Waals surface area contributed by atoms with E-state index in [1.54, 1.807) is 0 Å². The van der Waals surface area contributed by atoms with Crippen LogP contribution in [0.1, 0.15) is 24.0 Å². The second kappa shape index (κ2) is 6.69. The minimum absolute atomic E-state index is 0.813. The van der Waals surface area contributed by atoms with E-state index >= 15 is 0 Å². The number of hydrogen-bond donors (Lipinski definition) is 1. The van der Waals surface area contributed by atoms with Crippen molar-refractivity contribution in [3.05, 3.63) is 33.8 Å². The summed E-state index contributed by atoms with van der Waals surface area (Å²) in [5.41, 5.74) is 2.66. The van der Waals surface area contributed by atoms with Gasteiger partial charge in [0.15, 0.2) is 0 Å². The topological polar surface area (TPSA) is 15.3 Å². The minimum Gasteiger partial charge on any atom is -0.312 e. The van der Waals surface area contributed by atoms with Crippen LogP contribution in [-0.4, -0.2) is 31.6 Å². The molecule has 1 unspecified atom stereocenters. The van der Waals surface area contributed by atoms with Crippen molar-refractivity contribution >= 4 is 15.9 Å². The van der Waals surface area contributed by atoms with E-state index in [2.05, 4.69) is 58.3 Å². The molecule has 1 aliphatic rings. The summed E-state index contributed by atoms with van der Waals surface area (Å²) in [5.74, 6) is 0.813. The zero-order chi connectivity index (χ0) is 13.0. The third-order valence-corrected chi connectivity index (χ3v) is 4.42. The number of piperidine rings is 1. The molecule has 1 aromatic carbocycles. The fraction of sp³-hybridized carbons (Fsp3) is 0.600. The second-order valence-corrected chi connectivity index (χ2v) is 6.35. The third kappa shape index (κ3) is 4.08. The number of nitrogens with zero attached hydrogens (tertiary/aromatic N) is 1. The van der Waals surface area contributed by atoms with Crippen molar-refractivity contribution in [2.75, 3.05) is 26.7 Å². The Morgan fingerprint density at radius 3 is 3.00 bits per heavy atom. The first-order valence-corrected chi connectivity index (χ1v) is 7.59. The number of nitrogens with one attached hydrogen (secondary N) is 1. The highest BCUT2D eigenvalue weighted by molar-refractivity contribution is 9.10. The fourth-order valence-corrected chi connectivity index (χ4v) is 3.28. The van der Waals surface area contributed by atoms with Crippen LogP contribution in [0.2, 0.25) is 0 Å². The van der Waals surface area contributed by atoms with E-state index in [1.165, 1.54) is 41.5 Å². The molecule has 2 rings (SSSR count). The van der Waals surface area contributed by atoms with E-state index < -0.39 is 0 Å². The smallest absolute Gasteiger partial charge is 0.0222 e. The molecule has 1 N–H and O–H groups in total. The van der Waals surface area contributed by atoms with Gasteiger partial charge in [0.25, 0.3) is 0 Å². The Morgan fingerprint density at radius 2 is 2.28 bits per heavy atom. The summed E-state index contributed by atoms with van der Waals surface area (Å²) < 4.78 is 1.22. The zero-order valence-corrected chi connectivity index (χ0v) is 13.0. The summed E-state index contributed by atoms with van der Waals surface area (Å²) >= 11 is 3.63. The van der Waals surface area contributed by atoms with Gasteiger partial charge in [-0.2, -0.15) is 0 Å². The molecule has 18 heavy (non-hydrogen) atoms. The molecule has 100 valence electrons. The van der Waals surface area contributed by atoms with Gasteiger partial charge in [-0.05, 0) is 63.0 Å². The first kappa shape index (κ1) is 14.0. The average molecular weight is 311 g/mol. The lowest BCUT2D eigenvalue weighted by Crippen LogP contribution is -2.37. The van der Waals surface area contributed by atoms with Gasteiger partial charge in [-0.1, -0.05) is 28.1 Å². The van der Waals surface area contributed by atoms with Crippen molar-refractivity contribution in [2.24, 2.45) is 5.92 Å².